The molecule has 0 bridgehead atoms. The van der Waals surface area contributed by atoms with Crippen LogP contribution in [-0.2, 0) is 4.79 Å². The smallest absolute Gasteiger partial charge is 0.224 e. The molecule has 2 heterocycles. The first-order valence-electron chi connectivity index (χ1n) is 10.6. The largest absolute Gasteiger partial charge is 0.356 e. The number of nitrogens with zero attached hydrogens (tertiary/aromatic N) is 3. The molecular weight excluding hydrogens is 495 g/mol. The predicted octanol–water partition coefficient (Wildman–Crippen LogP) is 3.94. The number of piperidine rings is 1. The number of likely N-dealkylation sites (tertiary alicyclic amines) is 2. The zero-order valence-electron chi connectivity index (χ0n) is 17.7. The third-order valence-corrected chi connectivity index (χ3v) is 6.90. The van der Waals surface area contributed by atoms with Crippen LogP contribution >= 0.6 is 35.7 Å². The van der Waals surface area contributed by atoms with Gasteiger partial charge in [0.1, 0.15) is 0 Å². The van der Waals surface area contributed by atoms with E-state index in [1.807, 2.05) is 23.7 Å². The van der Waals surface area contributed by atoms with Crippen molar-refractivity contribution in [1.82, 2.24) is 15.1 Å². The molecule has 2 unspecified atom stereocenters. The molecule has 2 fully saturated rings. The molecule has 2 saturated heterocycles. The fraction of sp³-hybridized carbons (Fsp3) is 0.636. The third-order valence-electron chi connectivity index (χ3n) is 5.66. The summed E-state index contributed by atoms with van der Waals surface area (Å²) >= 11 is 1.94. The molecule has 5 nitrogen and oxygen atoms in total. The Hall–Kier alpha value is -0.960. The molecule has 1 aromatic rings. The van der Waals surface area contributed by atoms with Crippen LogP contribution in [0.25, 0.3) is 0 Å². The zero-order chi connectivity index (χ0) is 19.8. The van der Waals surface area contributed by atoms with E-state index in [0.717, 1.165) is 44.3 Å². The Kier molecular flexibility index (Phi) is 10.6. The third kappa shape index (κ3) is 7.66. The van der Waals surface area contributed by atoms with Crippen LogP contribution in [0.1, 0.15) is 32.6 Å². The summed E-state index contributed by atoms with van der Waals surface area (Å²) in [6, 6.07) is 10.6. The lowest BCUT2D eigenvalue weighted by Crippen LogP contribution is -2.43. The van der Waals surface area contributed by atoms with Crippen molar-refractivity contribution in [3.8, 4) is 0 Å². The van der Waals surface area contributed by atoms with Gasteiger partial charge in [0, 0.05) is 56.8 Å². The minimum atomic E-state index is 0. The molecule has 0 spiro atoms. The maximum absolute atomic E-state index is 12.4. The van der Waals surface area contributed by atoms with E-state index in [1.54, 1.807) is 0 Å². The fourth-order valence-corrected chi connectivity index (χ4v) is 5.13. The maximum Gasteiger partial charge on any atom is 0.224 e. The standard InChI is InChI=1S/C22H34N4OS.HI/c1-18-7-6-13-25(15-18)21(27)10-12-24-22(23-2)26-14-11-19(16-26)17-28-20-8-4-3-5-9-20;/h3-5,8-9,18-19H,6-7,10-17H2,1-2H3,(H,23,24);1H. The van der Waals surface area contributed by atoms with Crippen LogP contribution in [0.4, 0.5) is 0 Å². The number of carbonyl (C=O) groups excluding carboxylic acids is 1. The van der Waals surface area contributed by atoms with Gasteiger partial charge in [-0.2, -0.15) is 0 Å². The van der Waals surface area contributed by atoms with Gasteiger partial charge in [-0.25, -0.2) is 0 Å². The quantitative estimate of drug-likeness (QED) is 0.262. The average Bonchev–Trinajstić information content (AvgIpc) is 3.19. The second-order valence-corrected chi connectivity index (χ2v) is 9.13. The number of benzene rings is 1. The highest BCUT2D eigenvalue weighted by Gasteiger charge is 2.25. The summed E-state index contributed by atoms with van der Waals surface area (Å²) in [7, 11) is 1.84. The van der Waals surface area contributed by atoms with E-state index < -0.39 is 0 Å². The Morgan fingerprint density at radius 1 is 1.17 bits per heavy atom. The summed E-state index contributed by atoms with van der Waals surface area (Å²) in [6.45, 7) is 6.81. The molecule has 1 amide bonds. The van der Waals surface area contributed by atoms with Crippen LogP contribution in [0, 0.1) is 11.8 Å². The molecule has 0 saturated carbocycles. The second kappa shape index (κ2) is 12.7. The summed E-state index contributed by atoms with van der Waals surface area (Å²) in [4.78, 5) is 22.6. The lowest BCUT2D eigenvalue weighted by Gasteiger charge is -2.31. The van der Waals surface area contributed by atoms with E-state index in [4.69, 9.17) is 0 Å². The van der Waals surface area contributed by atoms with Gasteiger partial charge in [-0.15, -0.1) is 35.7 Å². The number of guanidine groups is 1. The summed E-state index contributed by atoms with van der Waals surface area (Å²) in [5.41, 5.74) is 0. The SMILES string of the molecule is CN=C(NCCC(=O)N1CCCC(C)C1)N1CCC(CSc2ccccc2)C1.I. The topological polar surface area (TPSA) is 47.9 Å². The van der Waals surface area contributed by atoms with E-state index in [-0.39, 0.29) is 29.9 Å². The van der Waals surface area contributed by atoms with Crippen molar-refractivity contribution in [1.29, 1.82) is 0 Å². The lowest BCUT2D eigenvalue weighted by molar-refractivity contribution is -0.132. The van der Waals surface area contributed by atoms with Gasteiger partial charge in [-0.1, -0.05) is 25.1 Å². The number of nitrogens with one attached hydrogen (secondary N) is 1. The van der Waals surface area contributed by atoms with Crippen LogP contribution in [0.15, 0.2) is 40.2 Å². The highest BCUT2D eigenvalue weighted by atomic mass is 127. The molecule has 0 radical (unpaired) electrons. The average molecular weight is 531 g/mol. The van der Waals surface area contributed by atoms with Crippen molar-refractivity contribution in [3.63, 3.8) is 0 Å². The Labute approximate surface area is 197 Å². The fourth-order valence-electron chi connectivity index (χ4n) is 4.08. The number of hydrogen-bond acceptors (Lipinski definition) is 3. The van der Waals surface area contributed by atoms with Gasteiger partial charge in [0.2, 0.25) is 5.91 Å². The van der Waals surface area contributed by atoms with Crippen molar-refractivity contribution in [2.45, 2.75) is 37.5 Å². The van der Waals surface area contributed by atoms with Gasteiger partial charge in [0.05, 0.1) is 0 Å². The molecule has 29 heavy (non-hydrogen) atoms. The molecule has 2 atom stereocenters. The number of rotatable bonds is 6. The molecule has 2 aliphatic rings. The van der Waals surface area contributed by atoms with Crippen molar-refractivity contribution in [2.75, 3.05) is 45.5 Å². The molecule has 162 valence electrons. The summed E-state index contributed by atoms with van der Waals surface area (Å²) in [6.07, 6.45) is 4.13. The van der Waals surface area contributed by atoms with Crippen LogP contribution in [0.5, 0.6) is 0 Å². The van der Waals surface area contributed by atoms with Gasteiger partial charge in [-0.05, 0) is 43.2 Å². The van der Waals surface area contributed by atoms with E-state index in [0.29, 0.717) is 24.8 Å². The molecule has 7 heteroatoms. The molecule has 0 aromatic heterocycles. The van der Waals surface area contributed by atoms with Crippen LogP contribution < -0.4 is 5.32 Å². The predicted molar refractivity (Wildman–Crippen MR) is 133 cm³/mol. The Bertz CT molecular complexity index is 657. The lowest BCUT2D eigenvalue weighted by atomic mass is 10.00. The first-order chi connectivity index (χ1) is 13.7. The van der Waals surface area contributed by atoms with Gasteiger partial charge < -0.3 is 15.1 Å². The maximum atomic E-state index is 12.4. The second-order valence-electron chi connectivity index (χ2n) is 8.04. The summed E-state index contributed by atoms with van der Waals surface area (Å²) < 4.78 is 0. The van der Waals surface area contributed by atoms with E-state index in [1.165, 1.54) is 17.7 Å². The van der Waals surface area contributed by atoms with Crippen molar-refractivity contribution in [2.24, 2.45) is 16.8 Å². The van der Waals surface area contributed by atoms with Crippen molar-refractivity contribution < 1.29 is 4.79 Å². The Morgan fingerprint density at radius 3 is 2.69 bits per heavy atom. The zero-order valence-corrected chi connectivity index (χ0v) is 20.8. The van der Waals surface area contributed by atoms with Crippen molar-refractivity contribution >= 4 is 47.6 Å². The molecule has 2 aliphatic heterocycles. The molecule has 1 aromatic carbocycles. The van der Waals surface area contributed by atoms with Gasteiger partial charge in [0.25, 0.3) is 0 Å². The van der Waals surface area contributed by atoms with Gasteiger partial charge in [-0.3, -0.25) is 9.79 Å². The van der Waals surface area contributed by atoms with Crippen LogP contribution in [0.3, 0.4) is 0 Å². The molecule has 1 N–H and O–H groups in total. The highest BCUT2D eigenvalue weighted by Crippen LogP contribution is 2.25. The summed E-state index contributed by atoms with van der Waals surface area (Å²) in [5, 5.41) is 3.41. The van der Waals surface area contributed by atoms with Gasteiger partial charge in [0.15, 0.2) is 5.96 Å². The minimum absolute atomic E-state index is 0. The number of halogens is 1. The van der Waals surface area contributed by atoms with E-state index in [9.17, 15) is 4.79 Å². The first kappa shape index (κ1) is 24.3. The molecule has 3 rings (SSSR count). The van der Waals surface area contributed by atoms with Crippen LogP contribution in [0.2, 0.25) is 0 Å². The number of aliphatic imine (C=N–C) groups is 1. The molecular formula is C22H35IN4OS. The monoisotopic (exact) mass is 530 g/mol. The van der Waals surface area contributed by atoms with Crippen LogP contribution in [-0.4, -0.2) is 67.2 Å². The number of hydrogen-bond donors (Lipinski definition) is 1. The normalized spacial score (nSPS) is 22.3. The van der Waals surface area contributed by atoms with E-state index >= 15 is 0 Å². The summed E-state index contributed by atoms with van der Waals surface area (Å²) in [5.74, 6) is 3.66. The highest BCUT2D eigenvalue weighted by molar-refractivity contribution is 14.0. The van der Waals surface area contributed by atoms with E-state index in [2.05, 4.69) is 52.5 Å². The van der Waals surface area contributed by atoms with Crippen molar-refractivity contribution in [3.05, 3.63) is 30.3 Å². The minimum Gasteiger partial charge on any atom is -0.356 e. The Balaban J connectivity index is 0.00000300. The first-order valence-corrected chi connectivity index (χ1v) is 11.6. The number of carbonyl (C=O) groups is 1. The van der Waals surface area contributed by atoms with Gasteiger partial charge >= 0.3 is 0 Å². The number of thioether (sulfide) groups is 1. The number of amides is 1. The molecule has 0 aliphatic carbocycles. The Morgan fingerprint density at radius 2 is 1.97 bits per heavy atom.